The Morgan fingerprint density at radius 1 is 1.86 bits per heavy atom. The number of halogens is 1. The van der Waals surface area contributed by atoms with Crippen molar-refractivity contribution in [1.29, 1.82) is 0 Å². The van der Waals surface area contributed by atoms with Crippen LogP contribution in [0.3, 0.4) is 0 Å². The van der Waals surface area contributed by atoms with Gasteiger partial charge in [-0.3, -0.25) is 0 Å². The number of nitrogens with zero attached hydrogens (tertiary/aromatic N) is 1. The Bertz CT molecular complexity index is 39.0. The molecule has 7 heavy (non-hydrogen) atoms. The lowest BCUT2D eigenvalue weighted by Gasteiger charge is -2.08. The molecule has 2 nitrogen and oxygen atoms in total. The SMILES string of the molecule is CC(N)CN(C)I. The van der Waals surface area contributed by atoms with Gasteiger partial charge in [0.25, 0.3) is 0 Å². The van der Waals surface area contributed by atoms with Crippen molar-refractivity contribution < 1.29 is 0 Å². The van der Waals surface area contributed by atoms with Crippen molar-refractivity contribution in [3.8, 4) is 0 Å². The van der Waals surface area contributed by atoms with Gasteiger partial charge in [0.05, 0.1) is 0 Å². The van der Waals surface area contributed by atoms with E-state index in [1.807, 2.05) is 17.1 Å². The Morgan fingerprint density at radius 2 is 2.29 bits per heavy atom. The summed E-state index contributed by atoms with van der Waals surface area (Å²) in [6.45, 7) is 2.95. The number of hydrogen-bond donors (Lipinski definition) is 1. The van der Waals surface area contributed by atoms with Gasteiger partial charge in [0, 0.05) is 35.5 Å². The fraction of sp³-hybridized carbons (Fsp3) is 1.00. The van der Waals surface area contributed by atoms with Crippen molar-refractivity contribution in [3.63, 3.8) is 0 Å². The first-order chi connectivity index (χ1) is 3.13. The van der Waals surface area contributed by atoms with Gasteiger partial charge in [0.2, 0.25) is 0 Å². The van der Waals surface area contributed by atoms with Crippen LogP contribution in [0.15, 0.2) is 0 Å². The normalized spacial score (nSPS) is 15.0. The molecule has 0 spiro atoms. The zero-order valence-corrected chi connectivity index (χ0v) is 6.84. The predicted molar refractivity (Wildman–Crippen MR) is 40.3 cm³/mol. The van der Waals surface area contributed by atoms with Crippen molar-refractivity contribution in [1.82, 2.24) is 3.11 Å². The molecular weight excluding hydrogens is 203 g/mol. The number of nitrogens with two attached hydrogens (primary N) is 1. The molecule has 0 bridgehead atoms. The Hall–Kier alpha value is 0.650. The van der Waals surface area contributed by atoms with Crippen LogP contribution in [0, 0.1) is 0 Å². The van der Waals surface area contributed by atoms with E-state index in [9.17, 15) is 0 Å². The second-order valence-corrected chi connectivity index (χ2v) is 3.41. The second-order valence-electron chi connectivity index (χ2n) is 1.76. The highest BCUT2D eigenvalue weighted by Crippen LogP contribution is 1.91. The molecule has 0 fully saturated rings. The van der Waals surface area contributed by atoms with E-state index in [1.54, 1.807) is 0 Å². The lowest BCUT2D eigenvalue weighted by molar-refractivity contribution is 0.543. The number of rotatable bonds is 2. The van der Waals surface area contributed by atoms with Crippen LogP contribution in [0.25, 0.3) is 0 Å². The summed E-state index contributed by atoms with van der Waals surface area (Å²) in [5.41, 5.74) is 5.45. The maximum absolute atomic E-state index is 5.45. The quantitative estimate of drug-likeness (QED) is 0.539. The van der Waals surface area contributed by atoms with Gasteiger partial charge in [-0.1, -0.05) is 0 Å². The van der Waals surface area contributed by atoms with E-state index in [0.717, 1.165) is 6.54 Å². The Morgan fingerprint density at radius 3 is 2.29 bits per heavy atom. The van der Waals surface area contributed by atoms with Gasteiger partial charge in [0.1, 0.15) is 0 Å². The van der Waals surface area contributed by atoms with Crippen LogP contribution >= 0.6 is 22.9 Å². The fourth-order valence-electron chi connectivity index (χ4n) is 0.397. The molecule has 2 N–H and O–H groups in total. The summed E-state index contributed by atoms with van der Waals surface area (Å²) in [6, 6.07) is 0.293. The summed E-state index contributed by atoms with van der Waals surface area (Å²) in [5, 5.41) is 0. The van der Waals surface area contributed by atoms with Gasteiger partial charge >= 0.3 is 0 Å². The van der Waals surface area contributed by atoms with Crippen LogP contribution in [0.5, 0.6) is 0 Å². The number of likely N-dealkylation sites (N-methyl/N-ethyl adjacent to an activating group) is 1. The second kappa shape index (κ2) is 3.63. The molecule has 0 saturated heterocycles. The standard InChI is InChI=1S/C4H11IN2/c1-4(6)3-7(2)5/h4H,3,6H2,1-2H3. The van der Waals surface area contributed by atoms with Crippen molar-refractivity contribution >= 4 is 22.9 Å². The van der Waals surface area contributed by atoms with E-state index >= 15 is 0 Å². The maximum atomic E-state index is 5.45. The molecule has 0 rings (SSSR count). The molecule has 0 heterocycles. The molecule has 0 saturated carbocycles. The minimum Gasteiger partial charge on any atom is -0.327 e. The van der Waals surface area contributed by atoms with Crippen LogP contribution in [0.2, 0.25) is 0 Å². The predicted octanol–water partition coefficient (Wildman–Crippen LogP) is 0.615. The van der Waals surface area contributed by atoms with Crippen LogP contribution < -0.4 is 5.73 Å². The van der Waals surface area contributed by atoms with Crippen LogP contribution in [-0.4, -0.2) is 22.7 Å². The van der Waals surface area contributed by atoms with E-state index in [2.05, 4.69) is 22.9 Å². The third-order valence-corrected chi connectivity index (χ3v) is 0.933. The molecule has 0 aromatic rings. The molecule has 1 atom stereocenters. The third kappa shape index (κ3) is 6.65. The summed E-state index contributed by atoms with van der Waals surface area (Å²) in [4.78, 5) is 0. The first kappa shape index (κ1) is 7.65. The minimum atomic E-state index is 0.293. The van der Waals surface area contributed by atoms with Crippen molar-refractivity contribution in [2.45, 2.75) is 13.0 Å². The van der Waals surface area contributed by atoms with Gasteiger partial charge in [-0.15, -0.1) is 0 Å². The largest absolute Gasteiger partial charge is 0.327 e. The molecule has 3 heteroatoms. The van der Waals surface area contributed by atoms with Crippen LogP contribution in [0.4, 0.5) is 0 Å². The summed E-state index contributed by atoms with van der Waals surface area (Å²) >= 11 is 2.21. The van der Waals surface area contributed by atoms with Gasteiger partial charge in [0.15, 0.2) is 0 Å². The summed E-state index contributed by atoms with van der Waals surface area (Å²) in [5.74, 6) is 0. The lowest BCUT2D eigenvalue weighted by atomic mass is 10.4. The highest BCUT2D eigenvalue weighted by atomic mass is 127. The van der Waals surface area contributed by atoms with E-state index < -0.39 is 0 Å². The molecule has 0 amide bonds. The summed E-state index contributed by atoms with van der Waals surface area (Å²) in [7, 11) is 2.00. The molecule has 0 aromatic carbocycles. The van der Waals surface area contributed by atoms with Gasteiger partial charge in [-0.05, 0) is 14.0 Å². The molecule has 44 valence electrons. The highest BCUT2D eigenvalue weighted by Gasteiger charge is 1.93. The van der Waals surface area contributed by atoms with Gasteiger partial charge in [-0.2, -0.15) is 0 Å². The number of hydrogen-bond acceptors (Lipinski definition) is 2. The zero-order chi connectivity index (χ0) is 5.86. The summed E-state index contributed by atoms with van der Waals surface area (Å²) in [6.07, 6.45) is 0. The van der Waals surface area contributed by atoms with E-state index in [0.29, 0.717) is 6.04 Å². The maximum Gasteiger partial charge on any atom is 0.0227 e. The Balaban J connectivity index is 2.95. The fourth-order valence-corrected chi connectivity index (χ4v) is 1.02. The highest BCUT2D eigenvalue weighted by molar-refractivity contribution is 14.1. The van der Waals surface area contributed by atoms with Crippen molar-refractivity contribution in [2.24, 2.45) is 5.73 Å². The third-order valence-electron chi connectivity index (χ3n) is 0.540. The topological polar surface area (TPSA) is 29.3 Å². The Kier molecular flexibility index (Phi) is 3.96. The molecule has 0 aliphatic carbocycles. The average molecular weight is 214 g/mol. The summed E-state index contributed by atoms with van der Waals surface area (Å²) < 4.78 is 2.04. The molecular formula is C4H11IN2. The minimum absolute atomic E-state index is 0.293. The van der Waals surface area contributed by atoms with Crippen LogP contribution in [-0.2, 0) is 0 Å². The van der Waals surface area contributed by atoms with Crippen molar-refractivity contribution in [2.75, 3.05) is 13.6 Å². The van der Waals surface area contributed by atoms with Crippen LogP contribution in [0.1, 0.15) is 6.92 Å². The smallest absolute Gasteiger partial charge is 0.0227 e. The molecule has 0 aliphatic rings. The van der Waals surface area contributed by atoms with Gasteiger partial charge < -0.3 is 5.73 Å². The zero-order valence-electron chi connectivity index (χ0n) is 4.69. The monoisotopic (exact) mass is 214 g/mol. The van der Waals surface area contributed by atoms with Crippen molar-refractivity contribution in [3.05, 3.63) is 0 Å². The van der Waals surface area contributed by atoms with E-state index in [-0.39, 0.29) is 0 Å². The lowest BCUT2D eigenvalue weighted by Crippen LogP contribution is -2.26. The molecule has 0 aromatic heterocycles. The van der Waals surface area contributed by atoms with Gasteiger partial charge in [-0.25, -0.2) is 3.11 Å². The average Bonchev–Trinajstić information content (AvgIpc) is 1.27. The first-order valence-electron chi connectivity index (χ1n) is 2.25. The van der Waals surface area contributed by atoms with E-state index in [1.165, 1.54) is 0 Å². The Labute approximate surface area is 58.6 Å². The molecule has 0 aliphatic heterocycles. The van der Waals surface area contributed by atoms with E-state index in [4.69, 9.17) is 5.73 Å². The first-order valence-corrected chi connectivity index (χ1v) is 3.22. The molecule has 1 unspecified atom stereocenters. The molecule has 0 radical (unpaired) electrons.